The van der Waals surface area contributed by atoms with Crippen molar-refractivity contribution in [2.45, 2.75) is 5.79 Å². The van der Waals surface area contributed by atoms with Crippen molar-refractivity contribution in [3.63, 3.8) is 0 Å². The second-order valence-corrected chi connectivity index (χ2v) is 3.99. The van der Waals surface area contributed by atoms with Gasteiger partial charge in [0.15, 0.2) is 11.5 Å². The quantitative estimate of drug-likeness (QED) is 0.796. The molecular formula is C11H12O4S. The van der Waals surface area contributed by atoms with Crippen molar-refractivity contribution in [3.05, 3.63) is 23.8 Å². The Balaban J connectivity index is 1.99. The van der Waals surface area contributed by atoms with Crippen LogP contribution >= 0.6 is 12.6 Å². The lowest BCUT2D eigenvalue weighted by atomic mass is 10.1. The molecule has 2 aliphatic rings. The minimum absolute atomic E-state index is 0.272. The van der Waals surface area contributed by atoms with Gasteiger partial charge in [-0.2, -0.15) is 12.6 Å². The number of thiol groups is 1. The van der Waals surface area contributed by atoms with Gasteiger partial charge in [0.25, 0.3) is 0 Å². The van der Waals surface area contributed by atoms with E-state index in [-0.39, 0.29) is 6.79 Å². The minimum Gasteiger partial charge on any atom is -0.454 e. The zero-order valence-corrected chi connectivity index (χ0v) is 9.54. The highest BCUT2D eigenvalue weighted by atomic mass is 32.1. The molecule has 0 N–H and O–H groups in total. The van der Waals surface area contributed by atoms with E-state index in [0.717, 1.165) is 17.1 Å². The fourth-order valence-corrected chi connectivity index (χ4v) is 2.30. The molecule has 0 atom stereocenters. The first-order chi connectivity index (χ1) is 7.84. The smallest absolute Gasteiger partial charge is 0.231 e. The second kappa shape index (κ2) is 3.84. The SMILES string of the molecule is SCC1(c2ccc3c(c2)OCO3)OCCO1. The Kier molecular flexibility index (Phi) is 2.46. The van der Waals surface area contributed by atoms with Crippen molar-refractivity contribution in [1.29, 1.82) is 0 Å². The van der Waals surface area contributed by atoms with Crippen LogP contribution < -0.4 is 9.47 Å². The van der Waals surface area contributed by atoms with Crippen LogP contribution in [0.3, 0.4) is 0 Å². The molecule has 2 aliphatic heterocycles. The van der Waals surface area contributed by atoms with Crippen molar-refractivity contribution >= 4 is 12.6 Å². The Bertz CT molecular complexity index is 401. The molecule has 0 unspecified atom stereocenters. The average Bonchev–Trinajstić information content (AvgIpc) is 2.97. The fraction of sp³-hybridized carbons (Fsp3) is 0.455. The summed E-state index contributed by atoms with van der Waals surface area (Å²) in [4.78, 5) is 0. The molecule has 0 aliphatic carbocycles. The van der Waals surface area contributed by atoms with Crippen LogP contribution in [0.2, 0.25) is 0 Å². The van der Waals surface area contributed by atoms with Crippen molar-refractivity contribution in [2.24, 2.45) is 0 Å². The van der Waals surface area contributed by atoms with E-state index in [0.29, 0.717) is 19.0 Å². The van der Waals surface area contributed by atoms with E-state index in [1.807, 2.05) is 18.2 Å². The van der Waals surface area contributed by atoms with Gasteiger partial charge in [-0.15, -0.1) is 0 Å². The molecule has 1 aromatic rings. The molecule has 1 aromatic carbocycles. The molecule has 1 fully saturated rings. The molecule has 3 rings (SSSR count). The third-order valence-electron chi connectivity index (χ3n) is 2.77. The first-order valence-electron chi connectivity index (χ1n) is 5.13. The van der Waals surface area contributed by atoms with Crippen LogP contribution in [0.15, 0.2) is 18.2 Å². The van der Waals surface area contributed by atoms with E-state index in [9.17, 15) is 0 Å². The van der Waals surface area contributed by atoms with Crippen LogP contribution in [0.25, 0.3) is 0 Å². The third kappa shape index (κ3) is 1.47. The molecule has 2 heterocycles. The van der Waals surface area contributed by atoms with E-state index < -0.39 is 5.79 Å². The lowest BCUT2D eigenvalue weighted by Gasteiger charge is -2.25. The van der Waals surface area contributed by atoms with Gasteiger partial charge < -0.3 is 18.9 Å². The summed E-state index contributed by atoms with van der Waals surface area (Å²) in [6.45, 7) is 1.46. The lowest BCUT2D eigenvalue weighted by Crippen LogP contribution is -2.29. The molecule has 0 amide bonds. The summed E-state index contributed by atoms with van der Waals surface area (Å²) >= 11 is 4.30. The van der Waals surface area contributed by atoms with Gasteiger partial charge in [-0.25, -0.2) is 0 Å². The van der Waals surface area contributed by atoms with Crippen LogP contribution in [0, 0.1) is 0 Å². The predicted octanol–water partition coefficient (Wildman–Crippen LogP) is 1.54. The summed E-state index contributed by atoms with van der Waals surface area (Å²) in [5, 5.41) is 0. The second-order valence-electron chi connectivity index (χ2n) is 3.68. The van der Waals surface area contributed by atoms with Gasteiger partial charge in [0.2, 0.25) is 12.6 Å². The molecule has 86 valence electrons. The number of ether oxygens (including phenoxy) is 4. The highest BCUT2D eigenvalue weighted by Gasteiger charge is 2.38. The van der Waals surface area contributed by atoms with E-state index in [1.54, 1.807) is 0 Å². The molecule has 0 bridgehead atoms. The third-order valence-corrected chi connectivity index (χ3v) is 3.19. The van der Waals surface area contributed by atoms with Crippen molar-refractivity contribution < 1.29 is 18.9 Å². The largest absolute Gasteiger partial charge is 0.454 e. The minimum atomic E-state index is -0.732. The van der Waals surface area contributed by atoms with E-state index in [1.165, 1.54) is 0 Å². The lowest BCUT2D eigenvalue weighted by molar-refractivity contribution is -0.145. The Labute approximate surface area is 98.9 Å². The number of benzene rings is 1. The highest BCUT2D eigenvalue weighted by Crippen LogP contribution is 2.39. The zero-order chi connectivity index (χ0) is 11.0. The first-order valence-corrected chi connectivity index (χ1v) is 5.76. The van der Waals surface area contributed by atoms with E-state index >= 15 is 0 Å². The molecule has 5 heteroatoms. The van der Waals surface area contributed by atoms with Gasteiger partial charge in [-0.1, -0.05) is 0 Å². The maximum atomic E-state index is 5.64. The standard InChI is InChI=1S/C11H12O4S/c16-6-11(14-3-4-15-11)8-1-2-9-10(5-8)13-7-12-9/h1-2,5,16H,3-4,6-7H2. The van der Waals surface area contributed by atoms with Crippen LogP contribution in [0.4, 0.5) is 0 Å². The van der Waals surface area contributed by atoms with Crippen LogP contribution in [0.1, 0.15) is 5.56 Å². The molecule has 0 aromatic heterocycles. The van der Waals surface area contributed by atoms with Gasteiger partial charge in [0.05, 0.1) is 13.2 Å². The van der Waals surface area contributed by atoms with Crippen molar-refractivity contribution in [1.82, 2.24) is 0 Å². The molecule has 0 spiro atoms. The van der Waals surface area contributed by atoms with Gasteiger partial charge in [0, 0.05) is 11.3 Å². The van der Waals surface area contributed by atoms with Gasteiger partial charge in [-0.05, 0) is 18.2 Å². The monoisotopic (exact) mass is 240 g/mol. The topological polar surface area (TPSA) is 36.9 Å². The highest BCUT2D eigenvalue weighted by molar-refractivity contribution is 7.80. The van der Waals surface area contributed by atoms with Gasteiger partial charge >= 0.3 is 0 Å². The van der Waals surface area contributed by atoms with Crippen molar-refractivity contribution in [3.8, 4) is 11.5 Å². The van der Waals surface area contributed by atoms with E-state index in [2.05, 4.69) is 12.6 Å². The Hall–Kier alpha value is -0.910. The maximum absolute atomic E-state index is 5.64. The molecule has 16 heavy (non-hydrogen) atoms. The van der Waals surface area contributed by atoms with Crippen LogP contribution in [-0.2, 0) is 15.3 Å². The van der Waals surface area contributed by atoms with Gasteiger partial charge in [0.1, 0.15) is 0 Å². The number of hydrogen-bond donors (Lipinski definition) is 1. The summed E-state index contributed by atoms with van der Waals surface area (Å²) in [5.41, 5.74) is 0.921. The van der Waals surface area contributed by atoms with Crippen LogP contribution in [0.5, 0.6) is 11.5 Å². The zero-order valence-electron chi connectivity index (χ0n) is 8.64. The van der Waals surface area contributed by atoms with Crippen LogP contribution in [-0.4, -0.2) is 25.8 Å². The first kappa shape index (κ1) is 10.3. The summed E-state index contributed by atoms with van der Waals surface area (Å²) in [6.07, 6.45) is 0. The summed E-state index contributed by atoms with van der Waals surface area (Å²) in [6, 6.07) is 5.69. The van der Waals surface area contributed by atoms with E-state index in [4.69, 9.17) is 18.9 Å². The summed E-state index contributed by atoms with van der Waals surface area (Å²) in [7, 11) is 0. The normalized spacial score (nSPS) is 21.3. The molecular weight excluding hydrogens is 228 g/mol. The Morgan fingerprint density at radius 3 is 2.62 bits per heavy atom. The number of rotatable bonds is 2. The van der Waals surface area contributed by atoms with Gasteiger partial charge in [-0.3, -0.25) is 0 Å². The summed E-state index contributed by atoms with van der Waals surface area (Å²) in [5.74, 6) is 1.24. The number of hydrogen-bond acceptors (Lipinski definition) is 5. The average molecular weight is 240 g/mol. The molecule has 0 saturated carbocycles. The fourth-order valence-electron chi connectivity index (χ4n) is 1.94. The Morgan fingerprint density at radius 1 is 1.12 bits per heavy atom. The number of fused-ring (bicyclic) bond motifs is 1. The van der Waals surface area contributed by atoms with Crippen molar-refractivity contribution in [2.75, 3.05) is 25.8 Å². The predicted molar refractivity (Wildman–Crippen MR) is 60.0 cm³/mol. The Morgan fingerprint density at radius 2 is 1.88 bits per heavy atom. The molecule has 1 saturated heterocycles. The molecule has 4 nitrogen and oxygen atoms in total. The molecule has 0 radical (unpaired) electrons. The summed E-state index contributed by atoms with van der Waals surface area (Å²) < 4.78 is 21.9. The maximum Gasteiger partial charge on any atom is 0.231 e.